The van der Waals surface area contributed by atoms with Crippen molar-refractivity contribution < 1.29 is 9.13 Å². The van der Waals surface area contributed by atoms with Crippen LogP contribution >= 0.6 is 11.6 Å². The van der Waals surface area contributed by atoms with Gasteiger partial charge in [-0.1, -0.05) is 17.7 Å². The zero-order valence-electron chi connectivity index (χ0n) is 16.1. The van der Waals surface area contributed by atoms with E-state index in [1.165, 1.54) is 6.07 Å². The highest BCUT2D eigenvalue weighted by Crippen LogP contribution is 2.24. The van der Waals surface area contributed by atoms with E-state index in [2.05, 4.69) is 20.6 Å². The van der Waals surface area contributed by atoms with Gasteiger partial charge in [0, 0.05) is 49.5 Å². The number of hydrogen-bond acceptors (Lipinski definition) is 4. The van der Waals surface area contributed by atoms with Gasteiger partial charge in [0.05, 0.1) is 6.61 Å². The largest absolute Gasteiger partial charge is 0.493 e. The number of pyridine rings is 1. The molecule has 28 heavy (non-hydrogen) atoms. The van der Waals surface area contributed by atoms with E-state index in [9.17, 15) is 4.39 Å². The SMILES string of the molecule is CCOc1cc(Cl)ccc1CNC(=NC)NC1CCN(c2ncccc2F)C1. The second kappa shape index (κ2) is 9.59. The minimum absolute atomic E-state index is 0.157. The van der Waals surface area contributed by atoms with Crippen LogP contribution in [-0.4, -0.2) is 43.7 Å². The average Bonchev–Trinajstić information content (AvgIpc) is 3.15. The van der Waals surface area contributed by atoms with Gasteiger partial charge < -0.3 is 20.3 Å². The van der Waals surface area contributed by atoms with Crippen LogP contribution in [0.15, 0.2) is 41.5 Å². The molecule has 0 bridgehead atoms. The number of rotatable bonds is 6. The number of hydrogen-bond donors (Lipinski definition) is 2. The maximum atomic E-state index is 14.0. The predicted molar refractivity (Wildman–Crippen MR) is 111 cm³/mol. The Kier molecular flexibility index (Phi) is 6.92. The Balaban J connectivity index is 1.57. The van der Waals surface area contributed by atoms with E-state index in [-0.39, 0.29) is 11.9 Å². The van der Waals surface area contributed by atoms with E-state index >= 15 is 0 Å². The summed E-state index contributed by atoms with van der Waals surface area (Å²) in [6, 6.07) is 8.79. The van der Waals surface area contributed by atoms with Gasteiger partial charge in [0.15, 0.2) is 17.6 Å². The first-order valence-corrected chi connectivity index (χ1v) is 9.72. The smallest absolute Gasteiger partial charge is 0.191 e. The molecular formula is C20H25ClFN5O. The fourth-order valence-corrected chi connectivity index (χ4v) is 3.37. The second-order valence-corrected chi connectivity index (χ2v) is 6.93. The summed E-state index contributed by atoms with van der Waals surface area (Å²) < 4.78 is 19.6. The number of ether oxygens (including phenoxy) is 1. The lowest BCUT2D eigenvalue weighted by atomic mass is 10.2. The van der Waals surface area contributed by atoms with Gasteiger partial charge in [-0.15, -0.1) is 0 Å². The van der Waals surface area contributed by atoms with Gasteiger partial charge in [-0.2, -0.15) is 0 Å². The molecule has 0 saturated carbocycles. The van der Waals surface area contributed by atoms with Crippen molar-refractivity contribution in [2.75, 3.05) is 31.6 Å². The van der Waals surface area contributed by atoms with Gasteiger partial charge in [-0.3, -0.25) is 4.99 Å². The minimum Gasteiger partial charge on any atom is -0.493 e. The maximum Gasteiger partial charge on any atom is 0.191 e. The average molecular weight is 406 g/mol. The number of aromatic nitrogens is 1. The summed E-state index contributed by atoms with van der Waals surface area (Å²) in [5.41, 5.74) is 0.998. The highest BCUT2D eigenvalue weighted by molar-refractivity contribution is 6.30. The molecule has 6 nitrogen and oxygen atoms in total. The number of benzene rings is 1. The van der Waals surface area contributed by atoms with Crippen LogP contribution in [0, 0.1) is 5.82 Å². The van der Waals surface area contributed by atoms with Crippen molar-refractivity contribution in [3.63, 3.8) is 0 Å². The summed E-state index contributed by atoms with van der Waals surface area (Å²) in [7, 11) is 1.73. The van der Waals surface area contributed by atoms with E-state index in [1.54, 1.807) is 19.3 Å². The summed E-state index contributed by atoms with van der Waals surface area (Å²) in [5, 5.41) is 7.34. The molecule has 0 radical (unpaired) electrons. The highest BCUT2D eigenvalue weighted by Gasteiger charge is 2.25. The Morgan fingerprint density at radius 1 is 1.43 bits per heavy atom. The molecule has 0 aliphatic carbocycles. The third-order valence-corrected chi connectivity index (χ3v) is 4.80. The Hall–Kier alpha value is -2.54. The van der Waals surface area contributed by atoms with Crippen LogP contribution in [-0.2, 0) is 6.54 Å². The van der Waals surface area contributed by atoms with Crippen LogP contribution < -0.4 is 20.3 Å². The molecule has 2 aromatic rings. The lowest BCUT2D eigenvalue weighted by molar-refractivity contribution is 0.336. The number of nitrogens with one attached hydrogen (secondary N) is 2. The topological polar surface area (TPSA) is 61.8 Å². The zero-order valence-corrected chi connectivity index (χ0v) is 16.8. The van der Waals surface area contributed by atoms with Crippen molar-refractivity contribution in [1.29, 1.82) is 0 Å². The Morgan fingerprint density at radius 2 is 2.29 bits per heavy atom. The molecule has 1 atom stereocenters. The lowest BCUT2D eigenvalue weighted by Gasteiger charge is -2.20. The van der Waals surface area contributed by atoms with E-state index in [1.807, 2.05) is 30.0 Å². The quantitative estimate of drug-likeness (QED) is 0.570. The Bertz CT molecular complexity index is 832. The van der Waals surface area contributed by atoms with Crippen LogP contribution in [0.1, 0.15) is 18.9 Å². The first-order valence-electron chi connectivity index (χ1n) is 9.34. The summed E-state index contributed by atoms with van der Waals surface area (Å²) in [4.78, 5) is 10.4. The molecule has 1 aliphatic heterocycles. The first-order chi connectivity index (χ1) is 13.6. The molecule has 2 N–H and O–H groups in total. The Labute approximate surface area is 169 Å². The standard InChI is InChI=1S/C20H25ClFN5O/c1-3-28-18-11-15(21)7-6-14(18)12-25-20(23-2)26-16-8-10-27(13-16)19-17(22)5-4-9-24-19/h4-7,9,11,16H,3,8,10,12-13H2,1-2H3,(H2,23,25,26). The van der Waals surface area contributed by atoms with Crippen molar-refractivity contribution in [3.05, 3.63) is 52.9 Å². The van der Waals surface area contributed by atoms with Crippen LogP contribution in [0.3, 0.4) is 0 Å². The number of halogens is 2. The number of nitrogens with zero attached hydrogens (tertiary/aromatic N) is 3. The summed E-state index contributed by atoms with van der Waals surface area (Å²) in [6.07, 6.45) is 2.49. The van der Waals surface area contributed by atoms with Crippen molar-refractivity contribution in [1.82, 2.24) is 15.6 Å². The molecule has 1 aromatic heterocycles. The van der Waals surface area contributed by atoms with Crippen molar-refractivity contribution in [2.45, 2.75) is 25.9 Å². The summed E-state index contributed by atoms with van der Waals surface area (Å²) >= 11 is 6.06. The van der Waals surface area contributed by atoms with E-state index in [0.29, 0.717) is 36.5 Å². The fraction of sp³-hybridized carbons (Fsp3) is 0.400. The summed E-state index contributed by atoms with van der Waals surface area (Å²) in [6.45, 7) is 4.47. The van der Waals surface area contributed by atoms with E-state index < -0.39 is 0 Å². The number of guanidine groups is 1. The molecule has 150 valence electrons. The van der Waals surface area contributed by atoms with Crippen molar-refractivity contribution in [3.8, 4) is 5.75 Å². The molecule has 1 aliphatic rings. The molecule has 2 heterocycles. The summed E-state index contributed by atoms with van der Waals surface area (Å²) in [5.74, 6) is 1.55. The molecule has 1 saturated heterocycles. The van der Waals surface area contributed by atoms with E-state index in [0.717, 1.165) is 24.3 Å². The van der Waals surface area contributed by atoms with Gasteiger partial charge in [-0.05, 0) is 37.6 Å². The third-order valence-electron chi connectivity index (χ3n) is 4.57. The molecule has 0 amide bonds. The number of aliphatic imine (C=N–C) groups is 1. The van der Waals surface area contributed by atoms with Gasteiger partial charge >= 0.3 is 0 Å². The van der Waals surface area contributed by atoms with E-state index in [4.69, 9.17) is 16.3 Å². The molecule has 3 rings (SSSR count). The van der Waals surface area contributed by atoms with Gasteiger partial charge in [0.2, 0.25) is 0 Å². The van der Waals surface area contributed by atoms with Crippen LogP contribution in [0.4, 0.5) is 10.2 Å². The van der Waals surface area contributed by atoms with Gasteiger partial charge in [0.25, 0.3) is 0 Å². The predicted octanol–water partition coefficient (Wildman–Crippen LogP) is 3.22. The third kappa shape index (κ3) is 5.04. The van der Waals surface area contributed by atoms with Gasteiger partial charge in [-0.25, -0.2) is 9.37 Å². The fourth-order valence-electron chi connectivity index (χ4n) is 3.21. The normalized spacial score (nSPS) is 16.9. The van der Waals surface area contributed by atoms with Crippen LogP contribution in [0.25, 0.3) is 0 Å². The second-order valence-electron chi connectivity index (χ2n) is 6.50. The molecule has 1 unspecified atom stereocenters. The van der Waals surface area contributed by atoms with Crippen molar-refractivity contribution in [2.24, 2.45) is 4.99 Å². The van der Waals surface area contributed by atoms with Gasteiger partial charge in [0.1, 0.15) is 5.75 Å². The van der Waals surface area contributed by atoms with Crippen molar-refractivity contribution >= 4 is 23.4 Å². The first kappa shape index (κ1) is 20.2. The lowest BCUT2D eigenvalue weighted by Crippen LogP contribution is -2.44. The molecule has 1 aromatic carbocycles. The highest BCUT2D eigenvalue weighted by atomic mass is 35.5. The Morgan fingerprint density at radius 3 is 3.04 bits per heavy atom. The van der Waals surface area contributed by atoms with Crippen LogP contribution in [0.5, 0.6) is 5.75 Å². The zero-order chi connectivity index (χ0) is 19.9. The molecule has 1 fully saturated rings. The molecule has 0 spiro atoms. The number of anilines is 1. The minimum atomic E-state index is -0.295. The molecule has 8 heteroatoms. The molecular weight excluding hydrogens is 381 g/mol. The monoisotopic (exact) mass is 405 g/mol. The maximum absolute atomic E-state index is 14.0. The van der Waals surface area contributed by atoms with Crippen LogP contribution in [0.2, 0.25) is 5.02 Å².